The topological polar surface area (TPSA) is 125 Å². The molecule has 2 aliphatic rings. The Labute approximate surface area is 177 Å². The van der Waals surface area contributed by atoms with Crippen LogP contribution in [0.2, 0.25) is 0 Å². The number of hydroxylamine groups is 2. The maximum Gasteiger partial charge on any atom is 0.334 e. The van der Waals surface area contributed by atoms with Gasteiger partial charge in [0, 0.05) is 45.2 Å². The van der Waals surface area contributed by atoms with E-state index in [-0.39, 0.29) is 63.7 Å². The second-order valence-corrected chi connectivity index (χ2v) is 6.89. The summed E-state index contributed by atoms with van der Waals surface area (Å²) in [6, 6.07) is -0.352. The summed E-state index contributed by atoms with van der Waals surface area (Å²) in [5, 5.41) is 5.49. The molecule has 0 spiro atoms. The van der Waals surface area contributed by atoms with Crippen LogP contribution in [-0.4, -0.2) is 71.8 Å². The molecule has 4 amide bonds. The summed E-state index contributed by atoms with van der Waals surface area (Å²) >= 11 is 0. The number of imide groups is 1. The molecule has 2 N–H and O–H groups in total. The molecule has 2 aliphatic heterocycles. The van der Waals surface area contributed by atoms with Crippen LogP contribution in [0, 0.1) is 0 Å². The number of rotatable bonds is 11. The van der Waals surface area contributed by atoms with E-state index in [4.69, 9.17) is 6.85 Å². The summed E-state index contributed by atoms with van der Waals surface area (Å²) in [6.07, 6.45) is -1.50. The average Bonchev–Trinajstić information content (AvgIpc) is 3.27. The number of hydrogen-bond donors (Lipinski definition) is 2. The monoisotopic (exact) mass is 424 g/mol. The van der Waals surface area contributed by atoms with Gasteiger partial charge in [0.25, 0.3) is 11.8 Å². The van der Waals surface area contributed by atoms with Crippen LogP contribution in [0.5, 0.6) is 0 Å². The van der Waals surface area contributed by atoms with E-state index in [1.54, 1.807) is 4.90 Å². The number of nitrogens with one attached hydrogen (secondary N) is 2. The van der Waals surface area contributed by atoms with Crippen LogP contribution in [-0.2, 0) is 28.8 Å². The van der Waals surface area contributed by atoms with Crippen LogP contribution >= 0.6 is 0 Å². The van der Waals surface area contributed by atoms with Crippen molar-refractivity contribution in [2.75, 3.05) is 26.2 Å². The first-order chi connectivity index (χ1) is 15.8. The molecule has 2 fully saturated rings. The van der Waals surface area contributed by atoms with Crippen molar-refractivity contribution >= 4 is 29.6 Å². The molecule has 0 aromatic heterocycles. The molecule has 1 atom stereocenters. The van der Waals surface area contributed by atoms with Crippen LogP contribution in [0.4, 0.5) is 0 Å². The van der Waals surface area contributed by atoms with E-state index in [0.717, 1.165) is 6.42 Å². The number of hydrogen-bond acceptors (Lipinski definition) is 7. The van der Waals surface area contributed by atoms with Gasteiger partial charge in [0.1, 0.15) is 0 Å². The van der Waals surface area contributed by atoms with Gasteiger partial charge in [0.15, 0.2) is 0 Å². The molecule has 2 rings (SSSR count). The Morgan fingerprint density at radius 2 is 1.83 bits per heavy atom. The van der Waals surface area contributed by atoms with Crippen molar-refractivity contribution in [2.45, 2.75) is 64.2 Å². The molecular formula is C19H30N4O6. The largest absolute Gasteiger partial charge is 0.355 e. The highest BCUT2D eigenvalue weighted by atomic mass is 16.8. The SMILES string of the molecule is [2H][13C]([2H])([2H])[13C]([2H])([2H])CC1CCCN1[13CH2]C(=O)[15NH]CC[13C](=O)[15NH][13CH2][13CH2][13C](=O)ON1C(=O)CCC1=O. The minimum atomic E-state index is -2.74. The third-order valence-corrected chi connectivity index (χ3v) is 4.71. The number of amides is 4. The Kier molecular flexibility index (Phi) is 6.47. The highest BCUT2D eigenvalue weighted by Crippen LogP contribution is 2.20. The van der Waals surface area contributed by atoms with Crippen LogP contribution < -0.4 is 10.6 Å². The minimum absolute atomic E-state index is 0.00947. The fraction of sp³-hybridized carbons (Fsp3) is 0.737. The average molecular weight is 424 g/mol. The minimum Gasteiger partial charge on any atom is -0.355 e. The molecule has 2 saturated heterocycles. The maximum atomic E-state index is 12.2. The lowest BCUT2D eigenvalue weighted by atomic mass is 10.2. The Morgan fingerprint density at radius 3 is 2.55 bits per heavy atom. The number of carbonyl (C=O) groups excluding carboxylic acids is 5. The van der Waals surface area contributed by atoms with Gasteiger partial charge in [-0.3, -0.25) is 24.1 Å². The number of carbonyl (C=O) groups is 5. The first kappa shape index (κ1) is 16.3. The second kappa shape index (κ2) is 11.5. The lowest BCUT2D eigenvalue weighted by Crippen LogP contribution is -2.41. The third kappa shape index (κ3) is 7.45. The Balaban J connectivity index is 1.62. The van der Waals surface area contributed by atoms with Crippen molar-refractivity contribution in [3.8, 4) is 0 Å². The smallest absolute Gasteiger partial charge is 0.334 e. The standard InChI is InChI=1S/C19H30N4O6/c1-2-4-14-5-3-12-22(14)13-16(25)21-10-8-15(24)20-11-9-19(28)29-23-17(26)6-7-18(23)27/h14H,2-13H2,1H3,(H,20,24)(H,21,25)/i1+1D3,2+1D2,9+1,11+1,13+1,15+1,19+1,20+1,21+1. The zero-order valence-corrected chi connectivity index (χ0v) is 16.2. The second-order valence-electron chi connectivity index (χ2n) is 6.89. The van der Waals surface area contributed by atoms with Gasteiger partial charge in [0.05, 0.1) is 13.0 Å². The van der Waals surface area contributed by atoms with Crippen molar-refractivity contribution in [1.82, 2.24) is 20.6 Å². The Morgan fingerprint density at radius 1 is 1.14 bits per heavy atom. The van der Waals surface area contributed by atoms with Crippen molar-refractivity contribution in [3.05, 3.63) is 0 Å². The molecule has 0 saturated carbocycles. The summed E-state index contributed by atoms with van der Waals surface area (Å²) in [5.74, 6) is -2.80. The van der Waals surface area contributed by atoms with Gasteiger partial charge in [-0.15, -0.1) is 5.06 Å². The zero-order chi connectivity index (χ0) is 25.5. The molecule has 10 nitrogen and oxygen atoms in total. The Hall–Kier alpha value is -2.49. The van der Waals surface area contributed by atoms with Crippen LogP contribution in [0.1, 0.15) is 65.0 Å². The molecule has 0 bridgehead atoms. The molecule has 1 unspecified atom stereocenters. The van der Waals surface area contributed by atoms with Gasteiger partial charge in [-0.05, 0) is 25.8 Å². The quantitative estimate of drug-likeness (QED) is 0.269. The van der Waals surface area contributed by atoms with E-state index in [2.05, 4.69) is 15.5 Å². The summed E-state index contributed by atoms with van der Waals surface area (Å²) in [6.45, 7) is -2.23. The van der Waals surface area contributed by atoms with Gasteiger partial charge in [0.2, 0.25) is 11.8 Å². The first-order valence-electron chi connectivity index (χ1n) is 12.1. The Bertz CT molecular complexity index is 791. The fourth-order valence-corrected chi connectivity index (χ4v) is 3.21. The van der Waals surface area contributed by atoms with Gasteiger partial charge in [-0.2, -0.15) is 0 Å². The van der Waals surface area contributed by atoms with Crippen molar-refractivity contribution in [2.24, 2.45) is 0 Å². The number of nitrogens with zero attached hydrogens (tertiary/aromatic N) is 2. The van der Waals surface area contributed by atoms with Gasteiger partial charge >= 0.3 is 5.97 Å². The lowest BCUT2D eigenvalue weighted by Gasteiger charge is -2.23. The maximum absolute atomic E-state index is 12.2. The predicted molar refractivity (Wildman–Crippen MR) is 102 cm³/mol. The van der Waals surface area contributed by atoms with E-state index in [9.17, 15) is 24.0 Å². The van der Waals surface area contributed by atoms with Crippen molar-refractivity contribution in [1.29, 1.82) is 0 Å². The van der Waals surface area contributed by atoms with Gasteiger partial charge in [-0.1, -0.05) is 13.2 Å². The highest BCUT2D eigenvalue weighted by Gasteiger charge is 2.32. The summed E-state index contributed by atoms with van der Waals surface area (Å²) in [7, 11) is 0. The van der Waals surface area contributed by atoms with Gasteiger partial charge in [-0.25, -0.2) is 4.79 Å². The normalized spacial score (nSPS) is 23.0. The first-order valence-corrected chi connectivity index (χ1v) is 9.64. The molecule has 10 heteroatoms. The van der Waals surface area contributed by atoms with E-state index in [0.29, 0.717) is 18.0 Å². The molecule has 2 heterocycles. The summed E-state index contributed by atoms with van der Waals surface area (Å²) in [5.41, 5.74) is 0. The fourth-order valence-electron chi connectivity index (χ4n) is 3.21. The summed E-state index contributed by atoms with van der Waals surface area (Å²) < 4.78 is 37.6. The third-order valence-electron chi connectivity index (χ3n) is 4.71. The van der Waals surface area contributed by atoms with Gasteiger partial charge < -0.3 is 15.5 Å². The molecule has 29 heavy (non-hydrogen) atoms. The van der Waals surface area contributed by atoms with E-state index < -0.39 is 36.9 Å². The predicted octanol–water partition coefficient (Wildman–Crippen LogP) is -0.129. The van der Waals surface area contributed by atoms with E-state index >= 15 is 0 Å². The summed E-state index contributed by atoms with van der Waals surface area (Å²) in [4.78, 5) is 64.9. The number of likely N-dealkylation sites (tertiary alicyclic amines) is 1. The van der Waals surface area contributed by atoms with Crippen LogP contribution in [0.15, 0.2) is 0 Å². The van der Waals surface area contributed by atoms with Crippen LogP contribution in [0.3, 0.4) is 0 Å². The van der Waals surface area contributed by atoms with E-state index in [1.165, 1.54) is 0 Å². The molecule has 0 aromatic rings. The van der Waals surface area contributed by atoms with E-state index in [1.807, 2.05) is 0 Å². The lowest BCUT2D eigenvalue weighted by molar-refractivity contribution is -0.197. The van der Waals surface area contributed by atoms with Crippen molar-refractivity contribution in [3.63, 3.8) is 0 Å². The molecule has 0 aliphatic carbocycles. The van der Waals surface area contributed by atoms with Crippen molar-refractivity contribution < 1.29 is 35.7 Å². The molecular weight excluding hydrogens is 389 g/mol. The molecule has 0 radical (unpaired) electrons. The zero-order valence-electron chi connectivity index (χ0n) is 21.2. The molecule has 0 aromatic carbocycles. The highest BCUT2D eigenvalue weighted by molar-refractivity contribution is 6.01. The van der Waals surface area contributed by atoms with Crippen LogP contribution in [0.25, 0.3) is 0 Å². The molecule has 162 valence electrons.